The van der Waals surface area contributed by atoms with Crippen molar-refractivity contribution in [2.24, 2.45) is 5.92 Å². The summed E-state index contributed by atoms with van der Waals surface area (Å²) in [5.41, 5.74) is 1.52. The van der Waals surface area contributed by atoms with Gasteiger partial charge in [-0.3, -0.25) is 0 Å². The summed E-state index contributed by atoms with van der Waals surface area (Å²) < 4.78 is 0. The van der Waals surface area contributed by atoms with E-state index < -0.39 is 0 Å². The smallest absolute Gasteiger partial charge is 0.0162 e. The van der Waals surface area contributed by atoms with Crippen molar-refractivity contribution in [2.75, 3.05) is 0 Å². The summed E-state index contributed by atoms with van der Waals surface area (Å²) in [6, 6.07) is 0. The van der Waals surface area contributed by atoms with Gasteiger partial charge in [-0.25, -0.2) is 0 Å². The van der Waals surface area contributed by atoms with Crippen molar-refractivity contribution in [3.05, 3.63) is 48.1 Å². The van der Waals surface area contributed by atoms with Crippen LogP contribution in [0.1, 0.15) is 32.1 Å². The van der Waals surface area contributed by atoms with Gasteiger partial charge in [0.2, 0.25) is 0 Å². The van der Waals surface area contributed by atoms with Crippen LogP contribution < -0.4 is 0 Å². The molecular weight excluding hydrogens is 168 g/mol. The fourth-order valence-electron chi connectivity index (χ4n) is 2.29. The van der Waals surface area contributed by atoms with Gasteiger partial charge in [-0.2, -0.15) is 0 Å². The number of hydrogen-bond donors (Lipinski definition) is 0. The van der Waals surface area contributed by atoms with Gasteiger partial charge >= 0.3 is 0 Å². The molecule has 14 heavy (non-hydrogen) atoms. The molecule has 0 aromatic rings. The van der Waals surface area contributed by atoms with Crippen LogP contribution in [0.2, 0.25) is 0 Å². The number of rotatable bonds is 1. The molecule has 1 saturated carbocycles. The molecule has 0 aromatic carbocycles. The molecule has 0 radical (unpaired) electrons. The molecule has 0 bridgehead atoms. The summed E-state index contributed by atoms with van der Waals surface area (Å²) in [7, 11) is 0. The third-order valence-corrected chi connectivity index (χ3v) is 3.10. The molecule has 0 spiro atoms. The fraction of sp³-hybridized carbons (Fsp3) is 0.429. The largest absolute Gasteiger partial charge is 0.0623 e. The molecule has 0 atom stereocenters. The van der Waals surface area contributed by atoms with Crippen LogP contribution in [-0.2, 0) is 0 Å². The fourth-order valence-corrected chi connectivity index (χ4v) is 2.29. The molecule has 0 aromatic heterocycles. The number of allylic oxidation sites excluding steroid dienone is 8. The molecule has 0 aliphatic heterocycles. The van der Waals surface area contributed by atoms with Crippen molar-refractivity contribution in [3.8, 4) is 0 Å². The lowest BCUT2D eigenvalue weighted by atomic mass is 9.83. The van der Waals surface area contributed by atoms with Gasteiger partial charge in [-0.15, -0.1) is 0 Å². The summed E-state index contributed by atoms with van der Waals surface area (Å²) in [6.07, 6.45) is 22.2. The van der Waals surface area contributed by atoms with Crippen LogP contribution >= 0.6 is 0 Å². The van der Waals surface area contributed by atoms with Gasteiger partial charge in [0.25, 0.3) is 0 Å². The molecule has 2 aliphatic rings. The third kappa shape index (κ3) is 2.47. The van der Waals surface area contributed by atoms with E-state index in [2.05, 4.69) is 42.5 Å². The molecule has 2 rings (SSSR count). The Labute approximate surface area is 86.7 Å². The van der Waals surface area contributed by atoms with E-state index in [1.54, 1.807) is 0 Å². The van der Waals surface area contributed by atoms with Crippen molar-refractivity contribution in [1.82, 2.24) is 0 Å². The zero-order chi connectivity index (χ0) is 9.64. The van der Waals surface area contributed by atoms with Gasteiger partial charge in [-0.05, 0) is 24.3 Å². The Hall–Kier alpha value is -1.04. The first-order chi connectivity index (χ1) is 6.97. The van der Waals surface area contributed by atoms with Crippen molar-refractivity contribution in [3.63, 3.8) is 0 Å². The zero-order valence-corrected chi connectivity index (χ0v) is 8.65. The van der Waals surface area contributed by atoms with E-state index in [0.29, 0.717) is 0 Å². The van der Waals surface area contributed by atoms with Crippen molar-refractivity contribution in [1.29, 1.82) is 0 Å². The van der Waals surface area contributed by atoms with Gasteiger partial charge in [0.05, 0.1) is 0 Å². The lowest BCUT2D eigenvalue weighted by Crippen LogP contribution is -2.07. The molecule has 0 nitrogen and oxygen atoms in total. The Bertz CT molecular complexity index is 283. The summed E-state index contributed by atoms with van der Waals surface area (Å²) in [6.45, 7) is 0. The Balaban J connectivity index is 2.07. The molecule has 0 heteroatoms. The van der Waals surface area contributed by atoms with Crippen LogP contribution in [0.3, 0.4) is 0 Å². The Morgan fingerprint density at radius 2 is 1.50 bits per heavy atom. The van der Waals surface area contributed by atoms with Crippen LogP contribution in [-0.4, -0.2) is 0 Å². The first-order valence-corrected chi connectivity index (χ1v) is 5.68. The van der Waals surface area contributed by atoms with Gasteiger partial charge in [0.15, 0.2) is 0 Å². The van der Waals surface area contributed by atoms with Crippen molar-refractivity contribution in [2.45, 2.75) is 32.1 Å². The van der Waals surface area contributed by atoms with E-state index in [4.69, 9.17) is 0 Å². The highest BCUT2D eigenvalue weighted by molar-refractivity contribution is 5.32. The van der Waals surface area contributed by atoms with E-state index in [9.17, 15) is 0 Å². The van der Waals surface area contributed by atoms with Crippen LogP contribution in [0.5, 0.6) is 0 Å². The second-order valence-corrected chi connectivity index (χ2v) is 4.13. The van der Waals surface area contributed by atoms with Crippen LogP contribution in [0.25, 0.3) is 0 Å². The van der Waals surface area contributed by atoms with E-state index in [0.717, 1.165) is 5.92 Å². The third-order valence-electron chi connectivity index (χ3n) is 3.10. The average Bonchev–Trinajstić information content (AvgIpc) is 2.18. The maximum Gasteiger partial charge on any atom is -0.0162 e. The maximum absolute atomic E-state index is 2.27. The second-order valence-electron chi connectivity index (χ2n) is 4.13. The molecule has 0 unspecified atom stereocenters. The zero-order valence-electron chi connectivity index (χ0n) is 8.65. The predicted octanol–water partition coefficient (Wildman–Crippen LogP) is 4.18. The Morgan fingerprint density at radius 3 is 2.36 bits per heavy atom. The summed E-state index contributed by atoms with van der Waals surface area (Å²) in [5.74, 6) is 0.816. The molecule has 2 aliphatic carbocycles. The second kappa shape index (κ2) is 4.99. The van der Waals surface area contributed by atoms with Crippen molar-refractivity contribution < 1.29 is 0 Å². The average molecular weight is 186 g/mol. The number of hydrogen-bond acceptors (Lipinski definition) is 0. The molecule has 74 valence electrons. The highest BCUT2D eigenvalue weighted by Crippen LogP contribution is 2.30. The van der Waals surface area contributed by atoms with Crippen molar-refractivity contribution >= 4 is 0 Å². The standard InChI is InChI=1S/C14H18/c1-2-5-9-13(10-6-3-1)14-11-7-4-8-12-14/h1-3,5-6,9-10,14H,4,7-8,11-12H2/b2-1-,3-1?,5-2?,6-3-,9-5-,10-6?,13-9?,13-10+. The quantitative estimate of drug-likeness (QED) is 0.576. The monoisotopic (exact) mass is 186 g/mol. The Kier molecular flexibility index (Phi) is 3.39. The lowest BCUT2D eigenvalue weighted by Gasteiger charge is -2.22. The van der Waals surface area contributed by atoms with E-state index in [1.165, 1.54) is 37.7 Å². The summed E-state index contributed by atoms with van der Waals surface area (Å²) in [4.78, 5) is 0. The summed E-state index contributed by atoms with van der Waals surface area (Å²) >= 11 is 0. The van der Waals surface area contributed by atoms with Crippen LogP contribution in [0.15, 0.2) is 48.1 Å². The Morgan fingerprint density at radius 1 is 0.786 bits per heavy atom. The van der Waals surface area contributed by atoms with Gasteiger partial charge in [0.1, 0.15) is 0 Å². The minimum Gasteiger partial charge on any atom is -0.0623 e. The highest BCUT2D eigenvalue weighted by atomic mass is 14.2. The molecule has 0 saturated heterocycles. The normalized spacial score (nSPS) is 33.6. The summed E-state index contributed by atoms with van der Waals surface area (Å²) in [5, 5.41) is 0. The first-order valence-electron chi connectivity index (χ1n) is 5.68. The predicted molar refractivity (Wildman–Crippen MR) is 62.1 cm³/mol. The molecular formula is C14H18. The molecule has 0 amide bonds. The van der Waals surface area contributed by atoms with Crippen LogP contribution in [0, 0.1) is 5.92 Å². The SMILES string of the molecule is C1=C\C=C/C(C2CCCCC2)=C\C=C/1. The molecule has 1 fully saturated rings. The highest BCUT2D eigenvalue weighted by Gasteiger charge is 2.15. The molecule has 0 N–H and O–H groups in total. The van der Waals surface area contributed by atoms with E-state index in [1.807, 2.05) is 0 Å². The topological polar surface area (TPSA) is 0 Å². The van der Waals surface area contributed by atoms with E-state index >= 15 is 0 Å². The minimum absolute atomic E-state index is 0.816. The van der Waals surface area contributed by atoms with E-state index in [-0.39, 0.29) is 0 Å². The van der Waals surface area contributed by atoms with Gasteiger partial charge < -0.3 is 0 Å². The maximum atomic E-state index is 2.27. The lowest BCUT2D eigenvalue weighted by molar-refractivity contribution is 0.408. The first kappa shape index (κ1) is 9.51. The minimum atomic E-state index is 0.816. The van der Waals surface area contributed by atoms with Gasteiger partial charge in [-0.1, -0.05) is 61.8 Å². The van der Waals surface area contributed by atoms with Crippen LogP contribution in [0.4, 0.5) is 0 Å². The molecule has 0 heterocycles. The van der Waals surface area contributed by atoms with Gasteiger partial charge in [0, 0.05) is 0 Å².